The van der Waals surface area contributed by atoms with Crippen molar-refractivity contribution in [2.45, 2.75) is 25.7 Å². The maximum Gasteiger partial charge on any atom is 0.243 e. The normalized spacial score (nSPS) is 23.9. The van der Waals surface area contributed by atoms with Crippen LogP contribution in [0.2, 0.25) is 5.02 Å². The number of nitrogens with zero attached hydrogens (tertiary/aromatic N) is 1. The largest absolute Gasteiger partial charge is 0.273 e. The van der Waals surface area contributed by atoms with Gasteiger partial charge in [0.25, 0.3) is 0 Å². The average molecular weight is 263 g/mol. The molecule has 3 rings (SSSR count). The Hall–Kier alpha value is -1.35. The van der Waals surface area contributed by atoms with Crippen molar-refractivity contribution in [3.8, 4) is 0 Å². The quantitative estimate of drug-likeness (QED) is 0.660. The number of amides is 1. The third-order valence-electron chi connectivity index (χ3n) is 4.09. The highest BCUT2D eigenvalue weighted by Crippen LogP contribution is 2.65. The molecule has 0 radical (unpaired) electrons. The Morgan fingerprint density at radius 1 is 1.50 bits per heavy atom. The summed E-state index contributed by atoms with van der Waals surface area (Å²) in [6.07, 6.45) is 6.37. The van der Waals surface area contributed by atoms with Gasteiger partial charge in [0, 0.05) is 10.9 Å². The standard InChI is InChI=1S/C14H15ClN2O/c15-11-4-1-3-10(7-11)9-16-17-13(18)12-8-14(12)5-2-6-14/h1,3-4,7,9,12H,2,5-6,8H2,(H,17,18)/b16-9-/t12-/m0/s1. The summed E-state index contributed by atoms with van der Waals surface area (Å²) in [6.45, 7) is 0. The van der Waals surface area contributed by atoms with E-state index in [4.69, 9.17) is 11.6 Å². The molecule has 0 unspecified atom stereocenters. The van der Waals surface area contributed by atoms with E-state index in [-0.39, 0.29) is 11.8 Å². The highest BCUT2D eigenvalue weighted by Gasteiger charge is 2.60. The summed E-state index contributed by atoms with van der Waals surface area (Å²) in [4.78, 5) is 11.8. The second-order valence-electron chi connectivity index (χ2n) is 5.26. The van der Waals surface area contributed by atoms with E-state index in [2.05, 4.69) is 10.5 Å². The lowest BCUT2D eigenvalue weighted by Gasteiger charge is -2.25. The van der Waals surface area contributed by atoms with E-state index in [9.17, 15) is 4.79 Å². The fourth-order valence-electron chi connectivity index (χ4n) is 2.74. The SMILES string of the molecule is O=C(N/N=C\c1cccc(Cl)c1)[C@@H]1CC12CCC2. The van der Waals surface area contributed by atoms with Gasteiger partial charge in [-0.3, -0.25) is 4.79 Å². The van der Waals surface area contributed by atoms with Crippen LogP contribution in [0.3, 0.4) is 0 Å². The smallest absolute Gasteiger partial charge is 0.243 e. The average Bonchev–Trinajstić information content (AvgIpc) is 3.04. The van der Waals surface area contributed by atoms with Gasteiger partial charge in [0.1, 0.15) is 0 Å². The maximum absolute atomic E-state index is 11.8. The van der Waals surface area contributed by atoms with Crippen molar-refractivity contribution in [2.75, 3.05) is 0 Å². The zero-order chi connectivity index (χ0) is 12.6. The van der Waals surface area contributed by atoms with Crippen LogP contribution in [0, 0.1) is 11.3 Å². The molecule has 2 fully saturated rings. The van der Waals surface area contributed by atoms with Crippen LogP contribution in [0.25, 0.3) is 0 Å². The van der Waals surface area contributed by atoms with Crippen molar-refractivity contribution in [2.24, 2.45) is 16.4 Å². The molecule has 4 heteroatoms. The molecule has 1 aromatic rings. The maximum atomic E-state index is 11.8. The van der Waals surface area contributed by atoms with Crippen LogP contribution < -0.4 is 5.43 Å². The van der Waals surface area contributed by atoms with Crippen molar-refractivity contribution >= 4 is 23.7 Å². The number of benzene rings is 1. The van der Waals surface area contributed by atoms with Crippen LogP contribution in [-0.2, 0) is 4.79 Å². The molecule has 2 aliphatic carbocycles. The zero-order valence-corrected chi connectivity index (χ0v) is 10.8. The van der Waals surface area contributed by atoms with E-state index in [0.717, 1.165) is 12.0 Å². The molecule has 2 aliphatic rings. The summed E-state index contributed by atoms with van der Waals surface area (Å²) in [5, 5.41) is 4.65. The fraction of sp³-hybridized carbons (Fsp3) is 0.429. The molecule has 1 N–H and O–H groups in total. The van der Waals surface area contributed by atoms with Gasteiger partial charge in [0.05, 0.1) is 6.21 Å². The second-order valence-corrected chi connectivity index (χ2v) is 5.70. The fourth-order valence-corrected chi connectivity index (χ4v) is 2.94. The highest BCUT2D eigenvalue weighted by molar-refractivity contribution is 6.30. The molecule has 18 heavy (non-hydrogen) atoms. The number of hydrogen-bond acceptors (Lipinski definition) is 2. The number of carbonyl (C=O) groups is 1. The number of hydrogen-bond donors (Lipinski definition) is 1. The molecule has 0 saturated heterocycles. The molecular formula is C14H15ClN2O. The summed E-state index contributed by atoms with van der Waals surface area (Å²) in [5.74, 6) is 0.260. The van der Waals surface area contributed by atoms with Crippen molar-refractivity contribution < 1.29 is 4.79 Å². The molecule has 0 heterocycles. The highest BCUT2D eigenvalue weighted by atomic mass is 35.5. The Morgan fingerprint density at radius 2 is 2.33 bits per heavy atom. The molecule has 3 nitrogen and oxygen atoms in total. The molecule has 0 bridgehead atoms. The summed E-state index contributed by atoms with van der Waals surface area (Å²) in [5.41, 5.74) is 3.87. The topological polar surface area (TPSA) is 41.5 Å². The van der Waals surface area contributed by atoms with E-state index < -0.39 is 0 Å². The first-order chi connectivity index (χ1) is 8.70. The Morgan fingerprint density at radius 3 is 2.94 bits per heavy atom. The summed E-state index contributed by atoms with van der Waals surface area (Å²) in [7, 11) is 0. The molecule has 1 aromatic carbocycles. The first-order valence-corrected chi connectivity index (χ1v) is 6.66. The lowest BCUT2D eigenvalue weighted by Crippen LogP contribution is -2.26. The van der Waals surface area contributed by atoms with Gasteiger partial charge < -0.3 is 0 Å². The monoisotopic (exact) mass is 262 g/mol. The minimum Gasteiger partial charge on any atom is -0.273 e. The van der Waals surface area contributed by atoms with Crippen LogP contribution in [0.5, 0.6) is 0 Å². The number of hydrazone groups is 1. The van der Waals surface area contributed by atoms with E-state index in [1.807, 2.05) is 24.3 Å². The van der Waals surface area contributed by atoms with Gasteiger partial charge in [-0.1, -0.05) is 30.2 Å². The van der Waals surface area contributed by atoms with Gasteiger partial charge in [-0.2, -0.15) is 5.10 Å². The molecular weight excluding hydrogens is 248 g/mol. The van der Waals surface area contributed by atoms with Crippen molar-refractivity contribution in [3.63, 3.8) is 0 Å². The summed E-state index contributed by atoms with van der Waals surface area (Å²) < 4.78 is 0. The van der Waals surface area contributed by atoms with Crippen molar-refractivity contribution in [1.29, 1.82) is 0 Å². The molecule has 1 atom stereocenters. The molecule has 1 amide bonds. The Balaban J connectivity index is 1.53. The molecule has 0 aromatic heterocycles. The van der Waals surface area contributed by atoms with Gasteiger partial charge in [0.15, 0.2) is 0 Å². The van der Waals surface area contributed by atoms with Gasteiger partial charge in [-0.25, -0.2) is 5.43 Å². The second kappa shape index (κ2) is 4.39. The van der Waals surface area contributed by atoms with Gasteiger partial charge in [-0.15, -0.1) is 0 Å². The van der Waals surface area contributed by atoms with Crippen molar-refractivity contribution in [1.82, 2.24) is 5.43 Å². The minimum absolute atomic E-state index is 0.0629. The summed E-state index contributed by atoms with van der Waals surface area (Å²) in [6, 6.07) is 7.37. The van der Waals surface area contributed by atoms with Crippen LogP contribution in [0.15, 0.2) is 29.4 Å². The predicted molar refractivity (Wildman–Crippen MR) is 71.6 cm³/mol. The number of rotatable bonds is 3. The van der Waals surface area contributed by atoms with E-state index >= 15 is 0 Å². The van der Waals surface area contributed by atoms with Crippen LogP contribution >= 0.6 is 11.6 Å². The number of halogens is 1. The molecule has 1 spiro atoms. The Kier molecular flexibility index (Phi) is 2.86. The Bertz CT molecular complexity index is 508. The summed E-state index contributed by atoms with van der Waals surface area (Å²) >= 11 is 5.86. The van der Waals surface area contributed by atoms with E-state index in [1.54, 1.807) is 6.21 Å². The van der Waals surface area contributed by atoms with Gasteiger partial charge >= 0.3 is 0 Å². The van der Waals surface area contributed by atoms with Gasteiger partial charge in [-0.05, 0) is 42.4 Å². The zero-order valence-electron chi connectivity index (χ0n) is 10.0. The molecule has 2 saturated carbocycles. The first kappa shape index (κ1) is 11.7. The Labute approximate surface area is 111 Å². The third-order valence-corrected chi connectivity index (χ3v) is 4.33. The minimum atomic E-state index is 0.0629. The first-order valence-electron chi connectivity index (χ1n) is 6.28. The number of carbonyl (C=O) groups excluding carboxylic acids is 1. The predicted octanol–water partition coefficient (Wildman–Crippen LogP) is 2.98. The van der Waals surface area contributed by atoms with Crippen LogP contribution in [0.4, 0.5) is 0 Å². The molecule has 0 aliphatic heterocycles. The molecule has 94 valence electrons. The number of nitrogens with one attached hydrogen (secondary N) is 1. The van der Waals surface area contributed by atoms with E-state index in [1.165, 1.54) is 19.3 Å². The van der Waals surface area contributed by atoms with Crippen molar-refractivity contribution in [3.05, 3.63) is 34.9 Å². The van der Waals surface area contributed by atoms with Crippen LogP contribution in [-0.4, -0.2) is 12.1 Å². The third kappa shape index (κ3) is 2.15. The lowest BCUT2D eigenvalue weighted by atomic mass is 9.80. The van der Waals surface area contributed by atoms with E-state index in [0.29, 0.717) is 10.4 Å². The van der Waals surface area contributed by atoms with Gasteiger partial charge in [0.2, 0.25) is 5.91 Å². The lowest BCUT2D eigenvalue weighted by molar-refractivity contribution is -0.123. The van der Waals surface area contributed by atoms with Crippen LogP contribution in [0.1, 0.15) is 31.2 Å².